The van der Waals surface area contributed by atoms with Crippen LogP contribution in [0.25, 0.3) is 11.0 Å². The number of carbonyl (C=O) groups excluding carboxylic acids is 2. The molecule has 8 nitrogen and oxygen atoms in total. The largest absolute Gasteiger partial charge is 0.347 e. The summed E-state index contributed by atoms with van der Waals surface area (Å²) in [5.74, 6) is -1.76. The van der Waals surface area contributed by atoms with Crippen LogP contribution in [0.4, 0.5) is 8.78 Å². The van der Waals surface area contributed by atoms with Crippen LogP contribution in [0.5, 0.6) is 0 Å². The lowest BCUT2D eigenvalue weighted by Crippen LogP contribution is -2.45. The van der Waals surface area contributed by atoms with Gasteiger partial charge in [0.2, 0.25) is 5.91 Å². The first-order valence-electron chi connectivity index (χ1n) is 11.8. The highest BCUT2D eigenvalue weighted by atomic mass is 19.3. The molecular formula is C26H31F2N5O3. The summed E-state index contributed by atoms with van der Waals surface area (Å²) in [5.41, 5.74) is 3.97. The number of amides is 2. The van der Waals surface area contributed by atoms with Gasteiger partial charge in [0.15, 0.2) is 5.82 Å². The van der Waals surface area contributed by atoms with E-state index in [1.54, 1.807) is 54.0 Å². The lowest BCUT2D eigenvalue weighted by atomic mass is 9.96. The van der Waals surface area contributed by atoms with Crippen molar-refractivity contribution in [1.82, 2.24) is 25.2 Å². The number of hydrogen-bond acceptors (Lipinski definition) is 5. The molecule has 10 heteroatoms. The molecule has 36 heavy (non-hydrogen) atoms. The van der Waals surface area contributed by atoms with Crippen molar-refractivity contribution >= 4 is 22.8 Å². The van der Waals surface area contributed by atoms with Gasteiger partial charge in [0.1, 0.15) is 0 Å². The molecule has 3 aromatic rings. The second kappa shape index (κ2) is 10.3. The minimum atomic E-state index is -2.71. The molecule has 1 aromatic heterocycles. The number of imidazole rings is 1. The lowest BCUT2D eigenvalue weighted by molar-refractivity contribution is -0.133. The zero-order valence-electron chi connectivity index (χ0n) is 20.5. The van der Waals surface area contributed by atoms with E-state index in [1.807, 2.05) is 0 Å². The molecule has 0 bridgehead atoms. The number of fused-ring (bicyclic) bond motifs is 1. The number of nitrogens with one attached hydrogen (secondary N) is 2. The second-order valence-electron chi connectivity index (χ2n) is 10.5. The monoisotopic (exact) mass is 499 g/mol. The van der Waals surface area contributed by atoms with Gasteiger partial charge in [-0.15, -0.1) is 0 Å². The van der Waals surface area contributed by atoms with Crippen molar-refractivity contribution < 1.29 is 23.6 Å². The maximum atomic E-state index is 13.6. The number of hydrogen-bond donors (Lipinski definition) is 3. The van der Waals surface area contributed by atoms with E-state index in [0.717, 1.165) is 12.1 Å². The standard InChI is InChI=1S/C26H31F2N5O3/c1-26(2,3)15-32-13-18(25(35)31-36)20(14-32)30-24(34)17-10-8-16(9-11-17)12-33-21-7-5-4-6-19(21)29-23(33)22(27)28/h4-11,18,20,22,36H,12-15H2,1-3H3,(H,30,34)(H,31,35)/t18-,20+/m0/s1. The Kier molecular flexibility index (Phi) is 7.37. The average molecular weight is 500 g/mol. The Morgan fingerprint density at radius 3 is 2.44 bits per heavy atom. The molecule has 1 saturated heterocycles. The number of hydroxylamine groups is 1. The number of benzene rings is 2. The molecule has 4 rings (SSSR count). The summed E-state index contributed by atoms with van der Waals surface area (Å²) in [6, 6.07) is 13.2. The van der Waals surface area contributed by atoms with Crippen LogP contribution in [0.3, 0.4) is 0 Å². The molecule has 0 unspecified atom stereocenters. The van der Waals surface area contributed by atoms with Gasteiger partial charge >= 0.3 is 0 Å². The lowest BCUT2D eigenvalue weighted by Gasteiger charge is -2.26. The van der Waals surface area contributed by atoms with Crippen LogP contribution in [-0.2, 0) is 11.3 Å². The maximum Gasteiger partial charge on any atom is 0.295 e. The zero-order valence-corrected chi connectivity index (χ0v) is 20.5. The van der Waals surface area contributed by atoms with E-state index in [-0.39, 0.29) is 23.7 Å². The molecule has 1 aliphatic rings. The Morgan fingerprint density at radius 1 is 1.11 bits per heavy atom. The summed E-state index contributed by atoms with van der Waals surface area (Å²) in [5, 5.41) is 12.1. The topological polar surface area (TPSA) is 99.5 Å². The summed E-state index contributed by atoms with van der Waals surface area (Å²) in [4.78, 5) is 31.3. The van der Waals surface area contributed by atoms with E-state index in [1.165, 1.54) is 4.57 Å². The number of carbonyl (C=O) groups is 2. The second-order valence-corrected chi connectivity index (χ2v) is 10.5. The molecule has 2 aromatic carbocycles. The molecular weight excluding hydrogens is 468 g/mol. The zero-order chi connectivity index (χ0) is 26.0. The fourth-order valence-electron chi connectivity index (χ4n) is 4.80. The van der Waals surface area contributed by atoms with Crippen LogP contribution in [0.15, 0.2) is 48.5 Å². The number of rotatable bonds is 7. The molecule has 0 spiro atoms. The predicted octanol–water partition coefficient (Wildman–Crippen LogP) is 3.60. The summed E-state index contributed by atoms with van der Waals surface area (Å²) < 4.78 is 28.6. The highest BCUT2D eigenvalue weighted by molar-refractivity contribution is 5.95. The molecule has 192 valence electrons. The molecule has 0 saturated carbocycles. The van der Waals surface area contributed by atoms with Gasteiger partial charge in [-0.2, -0.15) is 0 Å². The summed E-state index contributed by atoms with van der Waals surface area (Å²) in [7, 11) is 0. The summed E-state index contributed by atoms with van der Waals surface area (Å²) in [6.45, 7) is 8.13. The Bertz CT molecular complexity index is 1240. The number of alkyl halides is 2. The van der Waals surface area contributed by atoms with Crippen LogP contribution >= 0.6 is 0 Å². The third kappa shape index (κ3) is 5.71. The first-order valence-corrected chi connectivity index (χ1v) is 11.8. The van der Waals surface area contributed by atoms with Gasteiger partial charge in [-0.25, -0.2) is 19.2 Å². The number of likely N-dealkylation sites (tertiary alicyclic amines) is 1. The fourth-order valence-corrected chi connectivity index (χ4v) is 4.80. The molecule has 3 N–H and O–H groups in total. The predicted molar refractivity (Wildman–Crippen MR) is 131 cm³/mol. The van der Waals surface area contributed by atoms with E-state index in [9.17, 15) is 18.4 Å². The van der Waals surface area contributed by atoms with Gasteiger partial charge in [0.25, 0.3) is 12.3 Å². The van der Waals surface area contributed by atoms with E-state index in [0.29, 0.717) is 29.7 Å². The third-order valence-electron chi connectivity index (χ3n) is 6.29. The van der Waals surface area contributed by atoms with E-state index in [4.69, 9.17) is 5.21 Å². The van der Waals surface area contributed by atoms with E-state index < -0.39 is 24.3 Å². The Hall–Kier alpha value is -3.37. The Balaban J connectivity index is 1.47. The van der Waals surface area contributed by atoms with Crippen molar-refractivity contribution in [2.45, 2.75) is 39.8 Å². The van der Waals surface area contributed by atoms with Gasteiger partial charge in [-0.3, -0.25) is 19.7 Å². The van der Waals surface area contributed by atoms with Crippen LogP contribution in [0, 0.1) is 11.3 Å². The third-order valence-corrected chi connectivity index (χ3v) is 6.29. The van der Waals surface area contributed by atoms with Crippen molar-refractivity contribution in [3.8, 4) is 0 Å². The van der Waals surface area contributed by atoms with Crippen molar-refractivity contribution in [3.05, 3.63) is 65.5 Å². The number of halogens is 2. The van der Waals surface area contributed by atoms with Crippen molar-refractivity contribution in [3.63, 3.8) is 0 Å². The normalized spacial score (nSPS) is 18.6. The highest BCUT2D eigenvalue weighted by Crippen LogP contribution is 2.26. The van der Waals surface area contributed by atoms with Gasteiger partial charge in [-0.05, 0) is 35.2 Å². The Morgan fingerprint density at radius 2 is 1.81 bits per heavy atom. The quantitative estimate of drug-likeness (QED) is 0.341. The highest BCUT2D eigenvalue weighted by Gasteiger charge is 2.39. The first-order chi connectivity index (χ1) is 17.1. The van der Waals surface area contributed by atoms with Crippen molar-refractivity contribution in [2.75, 3.05) is 19.6 Å². The molecule has 2 amide bonds. The fraction of sp³-hybridized carbons (Fsp3) is 0.423. The SMILES string of the molecule is CC(C)(C)CN1C[C@H](C(=O)NO)[C@H](NC(=O)c2ccc(Cn3c(C(F)F)nc4ccccc43)cc2)C1. The number of para-hydroxylation sites is 2. The van der Waals surface area contributed by atoms with Gasteiger partial charge < -0.3 is 9.88 Å². The average Bonchev–Trinajstić information content (AvgIpc) is 3.39. The van der Waals surface area contributed by atoms with Crippen molar-refractivity contribution in [2.24, 2.45) is 11.3 Å². The maximum absolute atomic E-state index is 13.6. The number of aromatic nitrogens is 2. The molecule has 0 radical (unpaired) electrons. The Labute approximate surface area is 208 Å². The molecule has 1 aliphatic heterocycles. The number of nitrogens with zero attached hydrogens (tertiary/aromatic N) is 3. The first kappa shape index (κ1) is 25.7. The molecule has 2 atom stereocenters. The van der Waals surface area contributed by atoms with Gasteiger partial charge in [0.05, 0.1) is 23.0 Å². The van der Waals surface area contributed by atoms with Crippen LogP contribution in [-0.4, -0.2) is 57.1 Å². The van der Waals surface area contributed by atoms with Crippen LogP contribution in [0.1, 0.15) is 48.9 Å². The smallest absolute Gasteiger partial charge is 0.295 e. The van der Waals surface area contributed by atoms with E-state index >= 15 is 0 Å². The minimum Gasteiger partial charge on any atom is -0.347 e. The van der Waals surface area contributed by atoms with Gasteiger partial charge in [0, 0.05) is 31.7 Å². The summed E-state index contributed by atoms with van der Waals surface area (Å²) in [6.07, 6.45) is -2.71. The molecule has 1 fully saturated rings. The van der Waals surface area contributed by atoms with Crippen LogP contribution in [0.2, 0.25) is 0 Å². The molecule has 0 aliphatic carbocycles. The summed E-state index contributed by atoms with van der Waals surface area (Å²) >= 11 is 0. The van der Waals surface area contributed by atoms with Crippen molar-refractivity contribution in [1.29, 1.82) is 0 Å². The van der Waals surface area contributed by atoms with Crippen LogP contribution < -0.4 is 10.8 Å². The minimum absolute atomic E-state index is 0.0136. The van der Waals surface area contributed by atoms with E-state index in [2.05, 4.69) is 36.0 Å². The molecule has 2 heterocycles. The van der Waals surface area contributed by atoms with Gasteiger partial charge in [-0.1, -0.05) is 45.0 Å².